The molecule has 2 aromatic heterocycles. The molecule has 2 rings (SSSR count). The molecule has 0 aromatic carbocycles. The minimum Gasteiger partial charge on any atom is -0.476 e. The van der Waals surface area contributed by atoms with Crippen molar-refractivity contribution in [3.63, 3.8) is 0 Å². The molecule has 4 nitrogen and oxygen atoms in total. The lowest BCUT2D eigenvalue weighted by molar-refractivity contribution is 0.331. The minimum absolute atomic E-state index is 0.588. The van der Waals surface area contributed by atoms with Crippen molar-refractivity contribution in [3.05, 3.63) is 24.5 Å². The highest BCUT2D eigenvalue weighted by Gasteiger charge is 2.10. The monoisotopic (exact) mass is 207 g/mol. The summed E-state index contributed by atoms with van der Waals surface area (Å²) in [5.41, 5.74) is 1.70. The molecule has 0 unspecified atom stereocenters. The van der Waals surface area contributed by atoms with Crippen LogP contribution in [0.5, 0.6) is 5.88 Å². The molecule has 5 heteroatoms. The maximum Gasteiger partial charge on any atom is 0.254 e. The molecule has 0 N–H and O–H groups in total. The number of pyridine rings is 1. The summed E-state index contributed by atoms with van der Waals surface area (Å²) in [6.45, 7) is 2.52. The number of hydrogen-bond acceptors (Lipinski definition) is 5. The topological polar surface area (TPSA) is 47.9 Å². The fourth-order valence-electron chi connectivity index (χ4n) is 1.09. The summed E-state index contributed by atoms with van der Waals surface area (Å²) in [6.07, 6.45) is 3.48. The van der Waals surface area contributed by atoms with Gasteiger partial charge in [0.05, 0.1) is 18.3 Å². The minimum atomic E-state index is 0.588. The van der Waals surface area contributed by atoms with Gasteiger partial charge in [-0.05, 0) is 19.1 Å². The zero-order valence-corrected chi connectivity index (χ0v) is 8.49. The molecule has 0 aliphatic carbocycles. The van der Waals surface area contributed by atoms with E-state index in [-0.39, 0.29) is 0 Å². The average Bonchev–Trinajstić information content (AvgIpc) is 2.68. The molecule has 0 saturated carbocycles. The van der Waals surface area contributed by atoms with Crippen molar-refractivity contribution in [3.8, 4) is 17.1 Å². The fourth-order valence-corrected chi connectivity index (χ4v) is 1.61. The summed E-state index contributed by atoms with van der Waals surface area (Å²) in [6, 6.07) is 3.80. The molecule has 2 aromatic rings. The predicted molar refractivity (Wildman–Crippen MR) is 54.3 cm³/mol. The Labute approximate surface area is 85.9 Å². The van der Waals surface area contributed by atoms with E-state index in [1.54, 1.807) is 12.4 Å². The second kappa shape index (κ2) is 4.15. The van der Waals surface area contributed by atoms with Crippen molar-refractivity contribution in [2.24, 2.45) is 0 Å². The zero-order chi connectivity index (χ0) is 9.80. The van der Waals surface area contributed by atoms with Gasteiger partial charge in [0.2, 0.25) is 0 Å². The van der Waals surface area contributed by atoms with Crippen LogP contribution in [0.2, 0.25) is 0 Å². The van der Waals surface area contributed by atoms with Crippen LogP contribution in [0.15, 0.2) is 24.5 Å². The van der Waals surface area contributed by atoms with Crippen molar-refractivity contribution in [1.29, 1.82) is 0 Å². The van der Waals surface area contributed by atoms with E-state index in [4.69, 9.17) is 4.74 Å². The summed E-state index contributed by atoms with van der Waals surface area (Å²) in [5, 5.41) is 0. The number of nitrogens with zero attached hydrogens (tertiary/aromatic N) is 3. The number of aromatic nitrogens is 3. The molecule has 0 saturated heterocycles. The van der Waals surface area contributed by atoms with E-state index in [2.05, 4.69) is 13.7 Å². The maximum absolute atomic E-state index is 5.34. The lowest BCUT2D eigenvalue weighted by atomic mass is 10.2. The fraction of sp³-hybridized carbons (Fsp3) is 0.222. The molecular formula is C9H9N3OS. The van der Waals surface area contributed by atoms with Crippen LogP contribution in [-0.4, -0.2) is 20.3 Å². The molecule has 0 radical (unpaired) electrons. The molecule has 0 aliphatic rings. The molecule has 0 amide bonds. The first-order valence-electron chi connectivity index (χ1n) is 4.27. The molecule has 72 valence electrons. The van der Waals surface area contributed by atoms with E-state index in [9.17, 15) is 0 Å². The third-order valence-electron chi connectivity index (χ3n) is 1.67. The Morgan fingerprint density at radius 1 is 1.43 bits per heavy atom. The Hall–Kier alpha value is -1.49. The first kappa shape index (κ1) is 9.08. The van der Waals surface area contributed by atoms with Crippen LogP contribution in [0.1, 0.15) is 6.92 Å². The lowest BCUT2D eigenvalue weighted by Gasteiger charge is -2.00. The van der Waals surface area contributed by atoms with Gasteiger partial charge in [-0.3, -0.25) is 4.98 Å². The lowest BCUT2D eigenvalue weighted by Crippen LogP contribution is -1.93. The van der Waals surface area contributed by atoms with Crippen molar-refractivity contribution in [1.82, 2.24) is 13.7 Å². The van der Waals surface area contributed by atoms with Gasteiger partial charge in [-0.2, -0.15) is 4.37 Å². The van der Waals surface area contributed by atoms with Crippen LogP contribution < -0.4 is 4.74 Å². The molecule has 0 atom stereocenters. The number of hydrogen-bond donors (Lipinski definition) is 0. The second-order valence-corrected chi connectivity index (χ2v) is 3.12. The SMILES string of the molecule is CCOc1nsnc1-c1cccnc1. The third-order valence-corrected chi connectivity index (χ3v) is 2.19. The van der Waals surface area contributed by atoms with Crippen LogP contribution in [0.3, 0.4) is 0 Å². The van der Waals surface area contributed by atoms with Gasteiger partial charge in [0.25, 0.3) is 5.88 Å². The highest BCUT2D eigenvalue weighted by atomic mass is 32.1. The van der Waals surface area contributed by atoms with Gasteiger partial charge in [0.15, 0.2) is 0 Å². The normalized spacial score (nSPS) is 10.1. The average molecular weight is 207 g/mol. The second-order valence-electron chi connectivity index (χ2n) is 2.59. The quantitative estimate of drug-likeness (QED) is 0.772. The van der Waals surface area contributed by atoms with Crippen molar-refractivity contribution in [2.75, 3.05) is 6.61 Å². The molecule has 0 spiro atoms. The summed E-state index contributed by atoms with van der Waals surface area (Å²) in [5.74, 6) is 0.588. The zero-order valence-electron chi connectivity index (χ0n) is 7.67. The Morgan fingerprint density at radius 2 is 2.36 bits per heavy atom. The Morgan fingerprint density at radius 3 is 3.07 bits per heavy atom. The van der Waals surface area contributed by atoms with Crippen LogP contribution in [0, 0.1) is 0 Å². The summed E-state index contributed by atoms with van der Waals surface area (Å²) in [4.78, 5) is 4.02. The van der Waals surface area contributed by atoms with E-state index in [1.165, 1.54) is 0 Å². The molecular weight excluding hydrogens is 198 g/mol. The highest BCUT2D eigenvalue weighted by molar-refractivity contribution is 6.99. The van der Waals surface area contributed by atoms with Crippen LogP contribution in [0.25, 0.3) is 11.3 Å². The van der Waals surface area contributed by atoms with Gasteiger partial charge >= 0.3 is 0 Å². The van der Waals surface area contributed by atoms with Crippen molar-refractivity contribution >= 4 is 11.7 Å². The standard InChI is InChI=1S/C9H9N3OS/c1-2-13-9-8(11-14-12-9)7-4-3-5-10-6-7/h3-6H,2H2,1H3. The van der Waals surface area contributed by atoms with E-state index in [1.807, 2.05) is 19.1 Å². The maximum atomic E-state index is 5.34. The summed E-state index contributed by atoms with van der Waals surface area (Å²) >= 11 is 1.15. The van der Waals surface area contributed by atoms with Gasteiger partial charge in [-0.25, -0.2) is 0 Å². The van der Waals surface area contributed by atoms with Crippen molar-refractivity contribution < 1.29 is 4.74 Å². The number of rotatable bonds is 3. The van der Waals surface area contributed by atoms with Gasteiger partial charge in [-0.1, -0.05) is 0 Å². The molecule has 0 bridgehead atoms. The Balaban J connectivity index is 2.37. The third kappa shape index (κ3) is 1.72. The smallest absolute Gasteiger partial charge is 0.254 e. The largest absolute Gasteiger partial charge is 0.476 e. The summed E-state index contributed by atoms with van der Waals surface area (Å²) < 4.78 is 13.6. The van der Waals surface area contributed by atoms with E-state index in [0.717, 1.165) is 23.0 Å². The van der Waals surface area contributed by atoms with Crippen LogP contribution in [0.4, 0.5) is 0 Å². The molecule has 2 heterocycles. The van der Waals surface area contributed by atoms with Gasteiger partial charge in [0, 0.05) is 18.0 Å². The molecule has 0 fully saturated rings. The first-order valence-corrected chi connectivity index (χ1v) is 5.00. The van der Waals surface area contributed by atoms with E-state index >= 15 is 0 Å². The first-order chi connectivity index (χ1) is 6.92. The van der Waals surface area contributed by atoms with Crippen molar-refractivity contribution in [2.45, 2.75) is 6.92 Å². The van der Waals surface area contributed by atoms with Crippen LogP contribution >= 0.6 is 11.7 Å². The number of ether oxygens (including phenoxy) is 1. The van der Waals surface area contributed by atoms with Gasteiger partial charge in [0.1, 0.15) is 5.69 Å². The highest BCUT2D eigenvalue weighted by Crippen LogP contribution is 2.26. The molecule has 0 aliphatic heterocycles. The summed E-state index contributed by atoms with van der Waals surface area (Å²) in [7, 11) is 0. The van der Waals surface area contributed by atoms with Crippen LogP contribution in [-0.2, 0) is 0 Å². The molecule has 14 heavy (non-hydrogen) atoms. The van der Waals surface area contributed by atoms with Gasteiger partial charge < -0.3 is 4.74 Å². The predicted octanol–water partition coefficient (Wildman–Crippen LogP) is 2.00. The Kier molecular flexibility index (Phi) is 2.69. The van der Waals surface area contributed by atoms with E-state index < -0.39 is 0 Å². The van der Waals surface area contributed by atoms with E-state index in [0.29, 0.717) is 12.5 Å². The van der Waals surface area contributed by atoms with Gasteiger partial charge in [-0.15, -0.1) is 4.37 Å². The Bertz CT molecular complexity index is 401.